The van der Waals surface area contributed by atoms with Crippen molar-refractivity contribution in [3.8, 4) is 0 Å². The van der Waals surface area contributed by atoms with Crippen molar-refractivity contribution in [2.24, 2.45) is 0 Å². The predicted molar refractivity (Wildman–Crippen MR) is 50.2 cm³/mol. The highest BCUT2D eigenvalue weighted by atomic mass is 16.6. The van der Waals surface area contributed by atoms with E-state index in [1.165, 1.54) is 7.05 Å². The van der Waals surface area contributed by atoms with E-state index >= 15 is 0 Å². The van der Waals surface area contributed by atoms with Gasteiger partial charge in [-0.25, -0.2) is 9.59 Å². The van der Waals surface area contributed by atoms with Crippen molar-refractivity contribution in [1.29, 1.82) is 0 Å². The molecule has 1 aromatic rings. The van der Waals surface area contributed by atoms with Gasteiger partial charge >= 0.3 is 11.9 Å². The number of ether oxygens (including phenoxy) is 1. The van der Waals surface area contributed by atoms with Crippen LogP contribution in [0, 0.1) is 0 Å². The fourth-order valence-electron chi connectivity index (χ4n) is 1.67. The third-order valence-electron chi connectivity index (χ3n) is 2.43. The Kier molecular flexibility index (Phi) is 1.97. The van der Waals surface area contributed by atoms with Crippen molar-refractivity contribution < 1.29 is 19.4 Å². The summed E-state index contributed by atoms with van der Waals surface area (Å²) in [5, 5.41) is 11.6. The van der Waals surface area contributed by atoms with Crippen LogP contribution in [0.2, 0.25) is 0 Å². The van der Waals surface area contributed by atoms with Crippen molar-refractivity contribution in [2.75, 3.05) is 7.05 Å². The van der Waals surface area contributed by atoms with E-state index in [2.05, 4.69) is 5.32 Å². The van der Waals surface area contributed by atoms with Crippen LogP contribution in [0.4, 0.5) is 0 Å². The highest BCUT2D eigenvalue weighted by Crippen LogP contribution is 2.34. The number of fused-ring (bicyclic) bond motifs is 1. The molecule has 78 valence electrons. The molecule has 5 heteroatoms. The molecule has 15 heavy (non-hydrogen) atoms. The van der Waals surface area contributed by atoms with E-state index in [9.17, 15) is 9.59 Å². The zero-order valence-corrected chi connectivity index (χ0v) is 7.98. The molecular weight excluding hydrogens is 198 g/mol. The van der Waals surface area contributed by atoms with Crippen molar-refractivity contribution in [3.63, 3.8) is 0 Å². The third-order valence-corrected chi connectivity index (χ3v) is 2.43. The number of likely N-dealkylation sites (N-methyl/N-ethyl adjacent to an activating group) is 1. The number of esters is 1. The molecule has 1 aliphatic rings. The second-order valence-corrected chi connectivity index (χ2v) is 3.17. The number of carboxylic acids is 1. The number of aliphatic carboxylic acids is 1. The molecule has 0 bridgehead atoms. The van der Waals surface area contributed by atoms with Gasteiger partial charge in [0.15, 0.2) is 0 Å². The smallest absolute Gasteiger partial charge is 0.369 e. The van der Waals surface area contributed by atoms with Gasteiger partial charge < -0.3 is 9.84 Å². The van der Waals surface area contributed by atoms with Crippen LogP contribution in [0.25, 0.3) is 0 Å². The van der Waals surface area contributed by atoms with Gasteiger partial charge in [0, 0.05) is 5.56 Å². The molecule has 1 aromatic carbocycles. The molecule has 2 N–H and O–H groups in total. The first-order valence-corrected chi connectivity index (χ1v) is 4.37. The van der Waals surface area contributed by atoms with Crippen LogP contribution < -0.4 is 5.32 Å². The van der Waals surface area contributed by atoms with E-state index in [4.69, 9.17) is 9.84 Å². The molecule has 1 aliphatic heterocycles. The van der Waals surface area contributed by atoms with Gasteiger partial charge in [-0.1, -0.05) is 18.2 Å². The lowest BCUT2D eigenvalue weighted by atomic mass is 10.0. The molecule has 0 amide bonds. The van der Waals surface area contributed by atoms with Crippen molar-refractivity contribution in [3.05, 3.63) is 35.4 Å². The standard InChI is InChI=1S/C10H9NO4/c1-11-10(9(13)14)7-5-3-2-4-6(7)8(12)15-10/h2-5,11H,1H3,(H,13,14). The summed E-state index contributed by atoms with van der Waals surface area (Å²) >= 11 is 0. The number of carbonyl (C=O) groups excluding carboxylic acids is 1. The van der Waals surface area contributed by atoms with Crippen LogP contribution in [-0.4, -0.2) is 24.1 Å². The molecule has 0 spiro atoms. The van der Waals surface area contributed by atoms with Crippen LogP contribution >= 0.6 is 0 Å². The average Bonchev–Trinajstić information content (AvgIpc) is 2.54. The number of carboxylic acid groups (broad SMARTS) is 1. The quantitative estimate of drug-likeness (QED) is 0.683. The molecule has 0 radical (unpaired) electrons. The summed E-state index contributed by atoms with van der Waals surface area (Å²) in [5.41, 5.74) is -1.12. The van der Waals surface area contributed by atoms with Gasteiger partial charge in [0.2, 0.25) is 0 Å². The highest BCUT2D eigenvalue weighted by Gasteiger charge is 2.50. The lowest BCUT2D eigenvalue weighted by Gasteiger charge is -2.22. The Morgan fingerprint density at radius 2 is 2.13 bits per heavy atom. The summed E-state index contributed by atoms with van der Waals surface area (Å²) in [6, 6.07) is 6.42. The summed E-state index contributed by atoms with van der Waals surface area (Å²) in [6.07, 6.45) is 0. The number of benzene rings is 1. The maximum atomic E-state index is 11.4. The maximum absolute atomic E-state index is 11.4. The Bertz CT molecular complexity index is 443. The first-order chi connectivity index (χ1) is 7.12. The lowest BCUT2D eigenvalue weighted by Crippen LogP contribution is -2.47. The summed E-state index contributed by atoms with van der Waals surface area (Å²) in [5.74, 6) is -1.86. The Morgan fingerprint density at radius 3 is 2.73 bits per heavy atom. The second kappa shape index (κ2) is 3.06. The molecule has 5 nitrogen and oxygen atoms in total. The van der Waals surface area contributed by atoms with E-state index in [1.54, 1.807) is 24.3 Å². The van der Waals surface area contributed by atoms with Crippen LogP contribution in [0.3, 0.4) is 0 Å². The Morgan fingerprint density at radius 1 is 1.47 bits per heavy atom. The molecule has 0 fully saturated rings. The summed E-state index contributed by atoms with van der Waals surface area (Å²) in [7, 11) is 1.43. The number of cyclic esters (lactones) is 1. The minimum absolute atomic E-state index is 0.286. The van der Waals surface area contributed by atoms with Gasteiger partial charge in [0.1, 0.15) is 0 Å². The maximum Gasteiger partial charge on any atom is 0.369 e. The van der Waals surface area contributed by atoms with Gasteiger partial charge in [0.05, 0.1) is 5.56 Å². The second-order valence-electron chi connectivity index (χ2n) is 3.17. The number of carbonyl (C=O) groups is 2. The fourth-order valence-corrected chi connectivity index (χ4v) is 1.67. The Balaban J connectivity index is 2.65. The SMILES string of the molecule is CNC1(C(=O)O)OC(=O)c2ccccc21. The fraction of sp³-hybridized carbons (Fsp3) is 0.200. The number of hydrogen-bond acceptors (Lipinski definition) is 4. The molecule has 1 atom stereocenters. The van der Waals surface area contributed by atoms with Gasteiger partial charge in [-0.15, -0.1) is 0 Å². The minimum Gasteiger partial charge on any atom is -0.477 e. The molecule has 1 heterocycles. The Labute approximate surface area is 85.7 Å². The summed E-state index contributed by atoms with van der Waals surface area (Å²) in [6.45, 7) is 0. The zero-order chi connectivity index (χ0) is 11.1. The van der Waals surface area contributed by atoms with Gasteiger partial charge in [0.25, 0.3) is 5.72 Å². The molecule has 2 rings (SSSR count). The van der Waals surface area contributed by atoms with Crippen molar-refractivity contribution in [2.45, 2.75) is 5.72 Å². The predicted octanol–water partition coefficient (Wildman–Crippen LogP) is 0.314. The third kappa shape index (κ3) is 1.13. The van der Waals surface area contributed by atoms with E-state index in [-0.39, 0.29) is 5.56 Å². The van der Waals surface area contributed by atoms with Crippen molar-refractivity contribution >= 4 is 11.9 Å². The van der Waals surface area contributed by atoms with Gasteiger partial charge in [-0.2, -0.15) is 0 Å². The van der Waals surface area contributed by atoms with E-state index < -0.39 is 17.7 Å². The first-order valence-electron chi connectivity index (χ1n) is 4.37. The first kappa shape index (κ1) is 9.67. The van der Waals surface area contributed by atoms with E-state index in [0.717, 1.165) is 0 Å². The van der Waals surface area contributed by atoms with Gasteiger partial charge in [-0.05, 0) is 13.1 Å². The molecule has 0 saturated carbocycles. The number of hydrogen-bond donors (Lipinski definition) is 2. The van der Waals surface area contributed by atoms with Crippen LogP contribution in [0.1, 0.15) is 15.9 Å². The molecule has 0 saturated heterocycles. The topological polar surface area (TPSA) is 75.6 Å². The Hall–Kier alpha value is -1.88. The lowest BCUT2D eigenvalue weighted by molar-refractivity contribution is -0.162. The molecule has 0 aliphatic carbocycles. The normalized spacial score (nSPS) is 23.4. The molecule has 0 aromatic heterocycles. The molecule has 1 unspecified atom stereocenters. The highest BCUT2D eigenvalue weighted by molar-refractivity contribution is 6.00. The number of nitrogens with one attached hydrogen (secondary N) is 1. The van der Waals surface area contributed by atoms with Crippen molar-refractivity contribution in [1.82, 2.24) is 5.32 Å². The van der Waals surface area contributed by atoms with Crippen LogP contribution in [-0.2, 0) is 15.3 Å². The van der Waals surface area contributed by atoms with E-state index in [0.29, 0.717) is 5.56 Å². The van der Waals surface area contributed by atoms with Crippen LogP contribution in [0.15, 0.2) is 24.3 Å². The van der Waals surface area contributed by atoms with Crippen LogP contribution in [0.5, 0.6) is 0 Å². The largest absolute Gasteiger partial charge is 0.477 e. The average molecular weight is 207 g/mol. The summed E-state index contributed by atoms with van der Waals surface area (Å²) in [4.78, 5) is 22.5. The minimum atomic E-state index is -1.74. The van der Waals surface area contributed by atoms with Gasteiger partial charge in [-0.3, -0.25) is 5.32 Å². The number of rotatable bonds is 2. The van der Waals surface area contributed by atoms with E-state index in [1.807, 2.05) is 0 Å². The monoisotopic (exact) mass is 207 g/mol. The summed E-state index contributed by atoms with van der Waals surface area (Å²) < 4.78 is 4.88. The zero-order valence-electron chi connectivity index (χ0n) is 7.98. The molecular formula is C10H9NO4.